The molecule has 0 aromatic heterocycles. The number of hydrogen-bond donors (Lipinski definition) is 0. The minimum Gasteiger partial charge on any atom is -0.344 e. The van der Waals surface area contributed by atoms with Gasteiger partial charge < -0.3 is 9.47 Å². The van der Waals surface area contributed by atoms with Crippen LogP contribution in [-0.2, 0) is 9.47 Å². The summed E-state index contributed by atoms with van der Waals surface area (Å²) >= 11 is 0. The van der Waals surface area contributed by atoms with Gasteiger partial charge in [-0.2, -0.15) is 0 Å². The summed E-state index contributed by atoms with van der Waals surface area (Å²) in [6, 6.07) is 0. The van der Waals surface area contributed by atoms with Crippen molar-refractivity contribution in [3.8, 4) is 0 Å². The summed E-state index contributed by atoms with van der Waals surface area (Å²) < 4.78 is 11.5. The van der Waals surface area contributed by atoms with E-state index in [4.69, 9.17) is 9.47 Å². The normalized spacial score (nSPS) is 36.0. The molecule has 0 aromatic rings. The molecule has 0 spiro atoms. The zero-order valence-corrected chi connectivity index (χ0v) is 7.89. The maximum absolute atomic E-state index is 5.74. The van der Waals surface area contributed by atoms with Gasteiger partial charge in [0.25, 0.3) is 0 Å². The quantitative estimate of drug-likeness (QED) is 0.614. The monoisotopic (exact) mass is 158 g/mol. The van der Waals surface area contributed by atoms with Crippen LogP contribution in [0.15, 0.2) is 0 Å². The molecule has 2 unspecified atom stereocenters. The summed E-state index contributed by atoms with van der Waals surface area (Å²) in [7, 11) is 0. The summed E-state index contributed by atoms with van der Waals surface area (Å²) in [6.45, 7) is 8.35. The minimum absolute atomic E-state index is 0.245. The first-order valence-electron chi connectivity index (χ1n) is 4.49. The Morgan fingerprint density at radius 1 is 1.00 bits per heavy atom. The van der Waals surface area contributed by atoms with Gasteiger partial charge in [0.2, 0.25) is 0 Å². The molecule has 1 saturated heterocycles. The van der Waals surface area contributed by atoms with Crippen molar-refractivity contribution in [2.45, 2.75) is 58.5 Å². The topological polar surface area (TPSA) is 18.5 Å². The molecule has 1 aliphatic heterocycles. The average molecular weight is 158 g/mol. The van der Waals surface area contributed by atoms with E-state index in [1.807, 2.05) is 0 Å². The van der Waals surface area contributed by atoms with Crippen molar-refractivity contribution < 1.29 is 9.47 Å². The maximum Gasteiger partial charge on any atom is 0.168 e. The van der Waals surface area contributed by atoms with Gasteiger partial charge in [0, 0.05) is 0 Å². The lowest BCUT2D eigenvalue weighted by Gasteiger charge is -2.24. The standard InChI is InChI=1S/C9H18O2/c1-5-9(6-2)10-7(3)8(4)11-9/h7-8H,5-6H2,1-4H3. The Hall–Kier alpha value is -0.0800. The Morgan fingerprint density at radius 2 is 1.36 bits per heavy atom. The van der Waals surface area contributed by atoms with Gasteiger partial charge in [0.1, 0.15) is 0 Å². The van der Waals surface area contributed by atoms with Crippen LogP contribution in [0.1, 0.15) is 40.5 Å². The van der Waals surface area contributed by atoms with Crippen molar-refractivity contribution in [1.29, 1.82) is 0 Å². The molecule has 2 nitrogen and oxygen atoms in total. The Bertz CT molecular complexity index is 118. The van der Waals surface area contributed by atoms with Gasteiger partial charge in [-0.3, -0.25) is 0 Å². The van der Waals surface area contributed by atoms with Crippen LogP contribution in [0.5, 0.6) is 0 Å². The second-order valence-electron chi connectivity index (χ2n) is 3.26. The van der Waals surface area contributed by atoms with Crippen molar-refractivity contribution in [3.05, 3.63) is 0 Å². The predicted molar refractivity (Wildman–Crippen MR) is 44.4 cm³/mol. The van der Waals surface area contributed by atoms with Crippen LogP contribution in [-0.4, -0.2) is 18.0 Å². The van der Waals surface area contributed by atoms with E-state index in [1.54, 1.807) is 0 Å². The van der Waals surface area contributed by atoms with Crippen LogP contribution in [0.4, 0.5) is 0 Å². The molecule has 1 fully saturated rings. The highest BCUT2D eigenvalue weighted by molar-refractivity contribution is 4.79. The van der Waals surface area contributed by atoms with Crippen LogP contribution < -0.4 is 0 Å². The third-order valence-electron chi connectivity index (χ3n) is 2.54. The van der Waals surface area contributed by atoms with Crippen LogP contribution in [0.2, 0.25) is 0 Å². The summed E-state index contributed by atoms with van der Waals surface area (Å²) in [6.07, 6.45) is 2.38. The number of ether oxygens (including phenoxy) is 2. The third-order valence-corrected chi connectivity index (χ3v) is 2.54. The van der Waals surface area contributed by atoms with E-state index in [9.17, 15) is 0 Å². The van der Waals surface area contributed by atoms with Crippen LogP contribution >= 0.6 is 0 Å². The first-order chi connectivity index (χ1) is 5.13. The number of hydrogen-bond acceptors (Lipinski definition) is 2. The van der Waals surface area contributed by atoms with Gasteiger partial charge >= 0.3 is 0 Å². The SMILES string of the molecule is CCC1(CC)OC(C)C(C)O1. The Balaban J connectivity index is 2.61. The largest absolute Gasteiger partial charge is 0.344 e. The molecule has 2 atom stereocenters. The summed E-state index contributed by atoms with van der Waals surface area (Å²) in [5.41, 5.74) is 0. The molecule has 0 aliphatic carbocycles. The van der Waals surface area contributed by atoms with Crippen LogP contribution in [0.25, 0.3) is 0 Å². The lowest BCUT2D eigenvalue weighted by Crippen LogP contribution is -2.28. The van der Waals surface area contributed by atoms with Gasteiger partial charge in [-0.05, 0) is 26.7 Å². The molecule has 66 valence electrons. The molecule has 11 heavy (non-hydrogen) atoms. The van der Waals surface area contributed by atoms with Crippen molar-refractivity contribution in [2.75, 3.05) is 0 Å². The highest BCUT2D eigenvalue weighted by atomic mass is 16.8. The molecule has 1 rings (SSSR count). The summed E-state index contributed by atoms with van der Waals surface area (Å²) in [4.78, 5) is 0. The minimum atomic E-state index is -0.279. The molecule has 1 aliphatic rings. The zero-order valence-electron chi connectivity index (χ0n) is 7.89. The van der Waals surface area contributed by atoms with E-state index in [2.05, 4.69) is 27.7 Å². The van der Waals surface area contributed by atoms with Crippen LogP contribution in [0, 0.1) is 0 Å². The molecular weight excluding hydrogens is 140 g/mol. The third kappa shape index (κ3) is 1.57. The molecular formula is C9H18O2. The van der Waals surface area contributed by atoms with Crippen molar-refractivity contribution in [2.24, 2.45) is 0 Å². The fourth-order valence-corrected chi connectivity index (χ4v) is 1.48. The average Bonchev–Trinajstić information content (AvgIpc) is 2.29. The van der Waals surface area contributed by atoms with Crippen LogP contribution in [0.3, 0.4) is 0 Å². The first-order valence-corrected chi connectivity index (χ1v) is 4.49. The van der Waals surface area contributed by atoms with Gasteiger partial charge in [0.15, 0.2) is 5.79 Å². The Morgan fingerprint density at radius 3 is 1.55 bits per heavy atom. The molecule has 0 radical (unpaired) electrons. The fraction of sp³-hybridized carbons (Fsp3) is 1.00. The van der Waals surface area contributed by atoms with E-state index in [1.165, 1.54) is 0 Å². The zero-order chi connectivity index (χ0) is 8.48. The molecule has 0 N–H and O–H groups in total. The van der Waals surface area contributed by atoms with Gasteiger partial charge in [-0.25, -0.2) is 0 Å². The van der Waals surface area contributed by atoms with Crippen molar-refractivity contribution in [3.63, 3.8) is 0 Å². The van der Waals surface area contributed by atoms with E-state index in [0.717, 1.165) is 12.8 Å². The molecule has 0 saturated carbocycles. The van der Waals surface area contributed by atoms with Crippen molar-refractivity contribution >= 4 is 0 Å². The van der Waals surface area contributed by atoms with Gasteiger partial charge in [-0.15, -0.1) is 0 Å². The lowest BCUT2D eigenvalue weighted by atomic mass is 10.1. The lowest BCUT2D eigenvalue weighted by molar-refractivity contribution is -0.176. The highest BCUT2D eigenvalue weighted by Gasteiger charge is 2.40. The predicted octanol–water partition coefficient (Wildman–Crippen LogP) is 2.33. The molecule has 1 heterocycles. The summed E-state index contributed by atoms with van der Waals surface area (Å²) in [5.74, 6) is -0.279. The Kier molecular flexibility index (Phi) is 2.55. The fourth-order valence-electron chi connectivity index (χ4n) is 1.48. The molecule has 0 aromatic carbocycles. The first kappa shape index (κ1) is 9.01. The molecule has 0 bridgehead atoms. The van der Waals surface area contributed by atoms with Gasteiger partial charge in [0.05, 0.1) is 12.2 Å². The Labute approximate surface area is 68.9 Å². The van der Waals surface area contributed by atoms with E-state index < -0.39 is 0 Å². The van der Waals surface area contributed by atoms with E-state index >= 15 is 0 Å². The summed E-state index contributed by atoms with van der Waals surface area (Å²) in [5, 5.41) is 0. The van der Waals surface area contributed by atoms with E-state index in [0.29, 0.717) is 0 Å². The van der Waals surface area contributed by atoms with E-state index in [-0.39, 0.29) is 18.0 Å². The molecule has 2 heteroatoms. The number of rotatable bonds is 2. The second-order valence-corrected chi connectivity index (χ2v) is 3.26. The maximum atomic E-state index is 5.74. The second kappa shape index (κ2) is 3.11. The highest BCUT2D eigenvalue weighted by Crippen LogP contribution is 2.33. The molecule has 0 amide bonds. The smallest absolute Gasteiger partial charge is 0.168 e. The van der Waals surface area contributed by atoms with Gasteiger partial charge in [-0.1, -0.05) is 13.8 Å². The van der Waals surface area contributed by atoms with Crippen molar-refractivity contribution in [1.82, 2.24) is 0 Å².